The summed E-state index contributed by atoms with van der Waals surface area (Å²) in [6, 6.07) is 4.80. The molecule has 0 saturated carbocycles. The van der Waals surface area contributed by atoms with E-state index in [-0.39, 0.29) is 42.0 Å². The van der Waals surface area contributed by atoms with Gasteiger partial charge in [0.1, 0.15) is 12.4 Å². The molecule has 4 aliphatic rings. The highest BCUT2D eigenvalue weighted by Gasteiger charge is 2.38. The first-order chi connectivity index (χ1) is 23.7. The van der Waals surface area contributed by atoms with E-state index < -0.39 is 11.9 Å². The molecule has 2 aromatic heterocycles. The summed E-state index contributed by atoms with van der Waals surface area (Å²) in [5, 5.41) is 7.93. The first-order valence-corrected chi connectivity index (χ1v) is 17.0. The van der Waals surface area contributed by atoms with Crippen molar-refractivity contribution in [2.24, 2.45) is 11.8 Å². The van der Waals surface area contributed by atoms with Crippen molar-refractivity contribution < 1.29 is 23.9 Å². The Morgan fingerprint density at radius 3 is 2.37 bits per heavy atom. The maximum atomic E-state index is 13.3. The van der Waals surface area contributed by atoms with Crippen molar-refractivity contribution in [1.29, 1.82) is 0 Å². The van der Waals surface area contributed by atoms with E-state index in [1.807, 2.05) is 28.9 Å². The third-order valence-corrected chi connectivity index (χ3v) is 10.2. The predicted molar refractivity (Wildman–Crippen MR) is 178 cm³/mol. The molecule has 0 aliphatic carbocycles. The van der Waals surface area contributed by atoms with Gasteiger partial charge in [-0.1, -0.05) is 0 Å². The fourth-order valence-corrected chi connectivity index (χ4v) is 7.24. The van der Waals surface area contributed by atoms with Crippen molar-refractivity contribution in [2.75, 3.05) is 70.4 Å². The smallest absolute Gasteiger partial charge is 0.275 e. The molecule has 1 aromatic carbocycles. The summed E-state index contributed by atoms with van der Waals surface area (Å²) >= 11 is 0. The number of aromatic nitrogens is 4. The van der Waals surface area contributed by atoms with Crippen LogP contribution in [0.15, 0.2) is 41.7 Å². The standard InChI is InChI=1S/C34H41N9O6/c1-22-28-14-25(2-3-27(28)34(48)43(38-22)29-4-5-30(44)37-32(29)46)40-10-12-42(13-11-40)33(47)24-17-39(18-24)19-31(45)41-8-6-23(7-9-41)20-49-26-15-35-21-36-16-26/h2-3,14-16,21,23-24,29H,4-13,17-20H2,1H3,(H,37,44,46). The van der Waals surface area contributed by atoms with Crippen LogP contribution in [0.4, 0.5) is 5.69 Å². The first-order valence-electron chi connectivity index (χ1n) is 17.0. The molecule has 7 rings (SSSR count). The molecular weight excluding hydrogens is 630 g/mol. The SMILES string of the molecule is Cc1nn(C2CCC(=O)NC2=O)c(=O)c2ccc(N3CCN(C(=O)C4CN(CC(=O)N5CCC(COc6cncnc6)CC5)C4)CC3)cc12. The van der Waals surface area contributed by atoms with Crippen LogP contribution in [0.5, 0.6) is 5.75 Å². The van der Waals surface area contributed by atoms with E-state index in [4.69, 9.17) is 4.74 Å². The fraction of sp³-hybridized carbons (Fsp3) is 0.529. The minimum atomic E-state index is -0.812. The topological polar surface area (TPSA) is 163 Å². The number of ether oxygens (including phenoxy) is 1. The molecule has 49 heavy (non-hydrogen) atoms. The summed E-state index contributed by atoms with van der Waals surface area (Å²) in [5.74, 6) is 0.364. The maximum absolute atomic E-state index is 13.3. The molecule has 4 aliphatic heterocycles. The Bertz CT molecular complexity index is 1790. The van der Waals surface area contributed by atoms with Crippen molar-refractivity contribution in [3.63, 3.8) is 0 Å². The number of nitrogens with one attached hydrogen (secondary N) is 1. The second kappa shape index (κ2) is 13.9. The van der Waals surface area contributed by atoms with Gasteiger partial charge in [-0.25, -0.2) is 14.6 Å². The number of anilines is 1. The molecule has 3 aromatic rings. The number of aryl methyl sites for hydroxylation is 1. The van der Waals surface area contributed by atoms with Gasteiger partial charge in [0.25, 0.3) is 11.5 Å². The van der Waals surface area contributed by atoms with E-state index in [0.717, 1.165) is 18.5 Å². The summed E-state index contributed by atoms with van der Waals surface area (Å²) in [6.45, 7) is 7.87. The second-order valence-corrected chi connectivity index (χ2v) is 13.4. The summed E-state index contributed by atoms with van der Waals surface area (Å²) in [5.41, 5.74) is 1.20. The van der Waals surface area contributed by atoms with Crippen LogP contribution in [0.25, 0.3) is 10.8 Å². The number of fused-ring (bicyclic) bond motifs is 1. The van der Waals surface area contributed by atoms with Crippen molar-refractivity contribution in [1.82, 2.24) is 39.8 Å². The maximum Gasteiger partial charge on any atom is 0.275 e. The minimum absolute atomic E-state index is 0.0925. The zero-order valence-electron chi connectivity index (χ0n) is 27.6. The zero-order chi connectivity index (χ0) is 34.1. The number of imide groups is 1. The van der Waals surface area contributed by atoms with Crippen molar-refractivity contribution in [3.05, 3.63) is 53.0 Å². The molecule has 1 N–H and O–H groups in total. The molecule has 4 saturated heterocycles. The Morgan fingerprint density at radius 1 is 0.918 bits per heavy atom. The van der Waals surface area contributed by atoms with E-state index in [1.165, 1.54) is 11.0 Å². The van der Waals surface area contributed by atoms with Crippen LogP contribution in [0.2, 0.25) is 0 Å². The average molecular weight is 672 g/mol. The third-order valence-electron chi connectivity index (χ3n) is 10.2. The predicted octanol–water partition coefficient (Wildman–Crippen LogP) is 0.371. The van der Waals surface area contributed by atoms with Crippen LogP contribution in [-0.4, -0.2) is 124 Å². The molecular formula is C34H41N9O6. The first kappa shape index (κ1) is 32.6. The van der Waals surface area contributed by atoms with E-state index >= 15 is 0 Å². The number of nitrogens with zero attached hydrogens (tertiary/aromatic N) is 8. The summed E-state index contributed by atoms with van der Waals surface area (Å²) in [6.07, 6.45) is 6.97. The van der Waals surface area contributed by atoms with Crippen LogP contribution >= 0.6 is 0 Å². The Hall–Kier alpha value is -4.92. The molecule has 0 bridgehead atoms. The van der Waals surface area contributed by atoms with Crippen LogP contribution in [0.3, 0.4) is 0 Å². The Labute approximate surface area is 283 Å². The summed E-state index contributed by atoms with van der Waals surface area (Å²) < 4.78 is 6.99. The molecule has 0 spiro atoms. The van der Waals surface area contributed by atoms with Gasteiger partial charge in [0.2, 0.25) is 17.7 Å². The number of amides is 4. The van der Waals surface area contributed by atoms with Gasteiger partial charge in [0.05, 0.1) is 42.5 Å². The minimum Gasteiger partial charge on any atom is -0.490 e. The molecule has 15 nitrogen and oxygen atoms in total. The van der Waals surface area contributed by atoms with Gasteiger partial charge in [-0.05, 0) is 50.3 Å². The molecule has 1 atom stereocenters. The number of hydrogen-bond donors (Lipinski definition) is 1. The fourth-order valence-electron chi connectivity index (χ4n) is 7.24. The van der Waals surface area contributed by atoms with Gasteiger partial charge in [0.15, 0.2) is 5.75 Å². The van der Waals surface area contributed by atoms with Crippen LogP contribution in [0, 0.1) is 18.8 Å². The average Bonchev–Trinajstić information content (AvgIpc) is 3.10. The molecule has 4 fully saturated rings. The van der Waals surface area contributed by atoms with E-state index in [0.29, 0.717) is 93.6 Å². The lowest BCUT2D eigenvalue weighted by Gasteiger charge is -2.43. The monoisotopic (exact) mass is 671 g/mol. The number of piperazine rings is 1. The van der Waals surface area contributed by atoms with Gasteiger partial charge in [0, 0.05) is 69.9 Å². The summed E-state index contributed by atoms with van der Waals surface area (Å²) in [7, 11) is 0. The van der Waals surface area contributed by atoms with Crippen LogP contribution in [-0.2, 0) is 19.2 Å². The molecule has 0 radical (unpaired) electrons. The molecule has 4 amide bonds. The highest BCUT2D eigenvalue weighted by molar-refractivity contribution is 5.99. The van der Waals surface area contributed by atoms with Crippen LogP contribution in [0.1, 0.15) is 37.4 Å². The summed E-state index contributed by atoms with van der Waals surface area (Å²) in [4.78, 5) is 79.5. The van der Waals surface area contributed by atoms with Crippen molar-refractivity contribution >= 4 is 40.1 Å². The Balaban J connectivity index is 0.859. The van der Waals surface area contributed by atoms with E-state index in [9.17, 15) is 24.0 Å². The van der Waals surface area contributed by atoms with E-state index in [2.05, 4.69) is 30.2 Å². The molecule has 1 unspecified atom stereocenters. The van der Waals surface area contributed by atoms with Gasteiger partial charge in [-0.15, -0.1) is 0 Å². The highest BCUT2D eigenvalue weighted by Crippen LogP contribution is 2.26. The number of rotatable bonds is 8. The normalized spacial score (nSPS) is 21.1. The zero-order valence-corrected chi connectivity index (χ0v) is 27.6. The van der Waals surface area contributed by atoms with E-state index in [1.54, 1.807) is 18.5 Å². The number of likely N-dealkylation sites (tertiary alicyclic amines) is 2. The van der Waals surface area contributed by atoms with Gasteiger partial charge in [-0.3, -0.25) is 34.2 Å². The van der Waals surface area contributed by atoms with Crippen molar-refractivity contribution in [2.45, 2.75) is 38.6 Å². The lowest BCUT2D eigenvalue weighted by Crippen LogP contribution is -2.59. The highest BCUT2D eigenvalue weighted by atomic mass is 16.5. The Morgan fingerprint density at radius 2 is 1.65 bits per heavy atom. The number of piperidine rings is 2. The van der Waals surface area contributed by atoms with Gasteiger partial charge >= 0.3 is 0 Å². The largest absolute Gasteiger partial charge is 0.490 e. The number of hydrogen-bond acceptors (Lipinski definition) is 11. The van der Waals surface area contributed by atoms with Gasteiger partial charge < -0.3 is 19.4 Å². The van der Waals surface area contributed by atoms with Crippen molar-refractivity contribution in [3.8, 4) is 5.75 Å². The third kappa shape index (κ3) is 6.98. The Kier molecular flexibility index (Phi) is 9.25. The quantitative estimate of drug-likeness (QED) is 0.329. The molecule has 258 valence electrons. The lowest BCUT2D eigenvalue weighted by atomic mass is 9.96. The molecule has 15 heteroatoms. The number of benzene rings is 1. The van der Waals surface area contributed by atoms with Crippen LogP contribution < -0.4 is 20.5 Å². The number of carbonyl (C=O) groups excluding carboxylic acids is 4. The second-order valence-electron chi connectivity index (χ2n) is 13.4. The lowest BCUT2D eigenvalue weighted by molar-refractivity contribution is -0.145. The van der Waals surface area contributed by atoms with Gasteiger partial charge in [-0.2, -0.15) is 5.10 Å². The number of carbonyl (C=O) groups is 4. The molecule has 6 heterocycles.